The number of ether oxygens (including phenoxy) is 1. The van der Waals surface area contributed by atoms with Crippen LogP contribution in [0.25, 0.3) is 0 Å². The monoisotopic (exact) mass is 384 g/mol. The summed E-state index contributed by atoms with van der Waals surface area (Å²) in [6.45, 7) is 0. The van der Waals surface area contributed by atoms with Gasteiger partial charge in [-0.1, -0.05) is 42.1 Å². The van der Waals surface area contributed by atoms with Gasteiger partial charge in [0.05, 0.1) is 12.9 Å². The maximum absolute atomic E-state index is 12.1. The van der Waals surface area contributed by atoms with Gasteiger partial charge in [-0.2, -0.15) is 0 Å². The van der Waals surface area contributed by atoms with E-state index >= 15 is 0 Å². The zero-order valence-electron chi connectivity index (χ0n) is 15.0. The first-order valence-electron chi connectivity index (χ1n) is 8.27. The molecule has 0 aliphatic rings. The Labute approximate surface area is 161 Å². The van der Waals surface area contributed by atoms with Crippen LogP contribution in [0.4, 0.5) is 5.69 Å². The second kappa shape index (κ2) is 8.70. The molecule has 0 aliphatic carbocycles. The Balaban J connectivity index is 1.59. The van der Waals surface area contributed by atoms with Crippen molar-refractivity contribution >= 4 is 23.4 Å². The molecule has 2 N–H and O–H groups in total. The molecule has 3 aromatic rings. The van der Waals surface area contributed by atoms with Gasteiger partial charge in [0.25, 0.3) is 0 Å². The third-order valence-corrected chi connectivity index (χ3v) is 4.95. The number of aliphatic hydroxyl groups is 1. The zero-order chi connectivity index (χ0) is 19.2. The quantitative estimate of drug-likeness (QED) is 0.609. The Morgan fingerprint density at radius 2 is 1.89 bits per heavy atom. The fourth-order valence-electron chi connectivity index (χ4n) is 2.48. The standard InChI is InChI=1S/C19H20N4O3S/c1-23-18(17(25)13-6-4-3-5-7-13)21-22-19(23)27-12-16(24)20-14-8-10-15(26-2)11-9-14/h3-11,17,25H,12H2,1-2H3,(H,20,24)/t17-/m1/s1. The van der Waals surface area contributed by atoms with E-state index in [0.717, 1.165) is 11.3 Å². The molecule has 1 heterocycles. The summed E-state index contributed by atoms with van der Waals surface area (Å²) in [5.41, 5.74) is 1.43. The van der Waals surface area contributed by atoms with E-state index in [9.17, 15) is 9.90 Å². The van der Waals surface area contributed by atoms with Crippen LogP contribution in [0, 0.1) is 0 Å². The lowest BCUT2D eigenvalue weighted by Gasteiger charge is -2.10. The number of benzene rings is 2. The predicted molar refractivity (Wildman–Crippen MR) is 104 cm³/mol. The first-order valence-corrected chi connectivity index (χ1v) is 9.26. The number of amides is 1. The number of hydrogen-bond acceptors (Lipinski definition) is 6. The Bertz CT molecular complexity index is 897. The third-order valence-electron chi connectivity index (χ3n) is 3.93. The van der Waals surface area contributed by atoms with Gasteiger partial charge in [-0.3, -0.25) is 4.79 Å². The highest BCUT2D eigenvalue weighted by atomic mass is 32.2. The highest BCUT2D eigenvalue weighted by Gasteiger charge is 2.19. The molecule has 8 heteroatoms. The normalized spacial score (nSPS) is 11.8. The Morgan fingerprint density at radius 3 is 2.56 bits per heavy atom. The summed E-state index contributed by atoms with van der Waals surface area (Å²) in [5.74, 6) is 1.18. The molecule has 7 nitrogen and oxygen atoms in total. The molecule has 0 radical (unpaired) electrons. The lowest BCUT2D eigenvalue weighted by molar-refractivity contribution is -0.113. The number of methoxy groups -OCH3 is 1. The molecule has 0 aliphatic heterocycles. The highest BCUT2D eigenvalue weighted by Crippen LogP contribution is 2.24. The topological polar surface area (TPSA) is 89.3 Å². The smallest absolute Gasteiger partial charge is 0.234 e. The SMILES string of the molecule is COc1ccc(NC(=O)CSc2nnc([C@H](O)c3ccccc3)n2C)cc1. The average Bonchev–Trinajstić information content (AvgIpc) is 3.07. The molecular weight excluding hydrogens is 364 g/mol. The number of hydrogen-bond donors (Lipinski definition) is 2. The van der Waals surface area contributed by atoms with Gasteiger partial charge in [-0.25, -0.2) is 0 Å². The summed E-state index contributed by atoms with van der Waals surface area (Å²) < 4.78 is 6.79. The van der Waals surface area contributed by atoms with E-state index in [2.05, 4.69) is 15.5 Å². The van der Waals surface area contributed by atoms with Crippen LogP contribution in [0.15, 0.2) is 59.8 Å². The third kappa shape index (κ3) is 4.66. The Kier molecular flexibility index (Phi) is 6.10. The number of rotatable bonds is 7. The van der Waals surface area contributed by atoms with E-state index in [1.807, 2.05) is 30.3 Å². The molecule has 0 fully saturated rings. The first kappa shape index (κ1) is 18.9. The van der Waals surface area contributed by atoms with Crippen molar-refractivity contribution in [1.82, 2.24) is 14.8 Å². The maximum atomic E-state index is 12.1. The first-order chi connectivity index (χ1) is 13.1. The fourth-order valence-corrected chi connectivity index (χ4v) is 3.19. The number of carbonyl (C=O) groups excluding carboxylic acids is 1. The second-order valence-corrected chi connectivity index (χ2v) is 6.72. The van der Waals surface area contributed by atoms with E-state index in [1.165, 1.54) is 11.8 Å². The molecule has 0 spiro atoms. The summed E-state index contributed by atoms with van der Waals surface area (Å²) >= 11 is 1.26. The van der Waals surface area contributed by atoms with Crippen LogP contribution < -0.4 is 10.1 Å². The molecule has 1 amide bonds. The molecule has 0 saturated carbocycles. The van der Waals surface area contributed by atoms with Gasteiger partial charge in [0, 0.05) is 12.7 Å². The summed E-state index contributed by atoms with van der Waals surface area (Å²) in [4.78, 5) is 12.1. The van der Waals surface area contributed by atoms with Crippen molar-refractivity contribution in [1.29, 1.82) is 0 Å². The lowest BCUT2D eigenvalue weighted by Crippen LogP contribution is -2.14. The minimum absolute atomic E-state index is 0.154. The number of anilines is 1. The molecule has 0 bridgehead atoms. The van der Waals surface area contributed by atoms with Gasteiger partial charge >= 0.3 is 0 Å². The van der Waals surface area contributed by atoms with Crippen LogP contribution in [0.5, 0.6) is 5.75 Å². The Hall–Kier alpha value is -2.84. The average molecular weight is 384 g/mol. The van der Waals surface area contributed by atoms with Crippen molar-refractivity contribution in [3.63, 3.8) is 0 Å². The summed E-state index contributed by atoms with van der Waals surface area (Å²) in [7, 11) is 3.36. The van der Waals surface area contributed by atoms with Crippen molar-refractivity contribution < 1.29 is 14.6 Å². The molecule has 3 rings (SSSR count). The van der Waals surface area contributed by atoms with Gasteiger partial charge in [0.2, 0.25) is 5.91 Å². The number of aromatic nitrogens is 3. The van der Waals surface area contributed by atoms with Gasteiger partial charge < -0.3 is 19.7 Å². The van der Waals surface area contributed by atoms with Crippen LogP contribution in [0.3, 0.4) is 0 Å². The van der Waals surface area contributed by atoms with Crippen LogP contribution in [0.1, 0.15) is 17.5 Å². The predicted octanol–water partition coefficient (Wildman–Crippen LogP) is 2.64. The van der Waals surface area contributed by atoms with Crippen molar-refractivity contribution in [2.24, 2.45) is 7.05 Å². The molecule has 1 atom stereocenters. The van der Waals surface area contributed by atoms with Crippen molar-refractivity contribution in [3.05, 3.63) is 66.0 Å². The van der Waals surface area contributed by atoms with E-state index in [4.69, 9.17) is 4.74 Å². The largest absolute Gasteiger partial charge is 0.497 e. The van der Waals surface area contributed by atoms with Gasteiger partial charge in [-0.15, -0.1) is 10.2 Å². The minimum Gasteiger partial charge on any atom is -0.497 e. The van der Waals surface area contributed by atoms with Crippen molar-refractivity contribution in [3.8, 4) is 5.75 Å². The molecule has 2 aromatic carbocycles. The number of carbonyl (C=O) groups is 1. The molecular formula is C19H20N4O3S. The molecule has 0 unspecified atom stereocenters. The summed E-state index contributed by atoms with van der Waals surface area (Å²) in [6, 6.07) is 16.4. The van der Waals surface area contributed by atoms with E-state index in [-0.39, 0.29) is 11.7 Å². The second-order valence-electron chi connectivity index (χ2n) is 5.78. The number of nitrogens with zero attached hydrogens (tertiary/aromatic N) is 3. The van der Waals surface area contributed by atoms with E-state index in [1.54, 1.807) is 43.0 Å². The molecule has 140 valence electrons. The van der Waals surface area contributed by atoms with Gasteiger partial charge in [0.15, 0.2) is 11.0 Å². The Morgan fingerprint density at radius 1 is 1.19 bits per heavy atom. The van der Waals surface area contributed by atoms with Gasteiger partial charge in [-0.05, 0) is 29.8 Å². The van der Waals surface area contributed by atoms with E-state index < -0.39 is 6.10 Å². The fraction of sp³-hybridized carbons (Fsp3) is 0.211. The van der Waals surface area contributed by atoms with Gasteiger partial charge in [0.1, 0.15) is 11.9 Å². The van der Waals surface area contributed by atoms with Crippen molar-refractivity contribution in [2.45, 2.75) is 11.3 Å². The van der Waals surface area contributed by atoms with Crippen LogP contribution >= 0.6 is 11.8 Å². The van der Waals surface area contributed by atoms with Crippen LogP contribution in [0.2, 0.25) is 0 Å². The molecule has 1 aromatic heterocycles. The molecule has 27 heavy (non-hydrogen) atoms. The van der Waals surface area contributed by atoms with E-state index in [0.29, 0.717) is 16.7 Å². The van der Waals surface area contributed by atoms with Crippen LogP contribution in [-0.4, -0.2) is 38.6 Å². The minimum atomic E-state index is -0.869. The summed E-state index contributed by atoms with van der Waals surface area (Å²) in [6.07, 6.45) is -0.869. The maximum Gasteiger partial charge on any atom is 0.234 e. The highest BCUT2D eigenvalue weighted by molar-refractivity contribution is 7.99. The summed E-state index contributed by atoms with van der Waals surface area (Å²) in [5, 5.41) is 22.0. The number of aliphatic hydroxyl groups excluding tert-OH is 1. The number of thioether (sulfide) groups is 1. The van der Waals surface area contributed by atoms with Crippen LogP contribution in [-0.2, 0) is 11.8 Å². The molecule has 0 saturated heterocycles. The number of nitrogens with one attached hydrogen (secondary N) is 1. The zero-order valence-corrected chi connectivity index (χ0v) is 15.8. The lowest BCUT2D eigenvalue weighted by atomic mass is 10.1. The van der Waals surface area contributed by atoms with Crippen molar-refractivity contribution in [2.75, 3.05) is 18.2 Å².